The average Bonchev–Trinajstić information content (AvgIpc) is 2.85. The monoisotopic (exact) mass is 332 g/mol. The molecular weight excluding hydrogens is 304 g/mol. The lowest BCUT2D eigenvalue weighted by atomic mass is 9.98. The van der Waals surface area contributed by atoms with Crippen LogP contribution in [0.2, 0.25) is 0 Å². The van der Waals surface area contributed by atoms with Gasteiger partial charge in [-0.05, 0) is 51.2 Å². The zero-order chi connectivity index (χ0) is 17.3. The van der Waals surface area contributed by atoms with Crippen LogP contribution in [0.15, 0.2) is 24.3 Å². The summed E-state index contributed by atoms with van der Waals surface area (Å²) in [6.07, 6.45) is 1.56. The molecule has 1 aromatic carbocycles. The van der Waals surface area contributed by atoms with Crippen LogP contribution in [-0.2, 0) is 17.7 Å². The first-order chi connectivity index (χ1) is 11.3. The maximum Gasteiger partial charge on any atom is 0.407 e. The molecule has 132 valence electrons. The molecule has 5 nitrogen and oxygen atoms in total. The number of benzene rings is 1. The van der Waals surface area contributed by atoms with Gasteiger partial charge in [0.1, 0.15) is 5.60 Å². The van der Waals surface area contributed by atoms with E-state index in [1.807, 2.05) is 20.8 Å². The summed E-state index contributed by atoms with van der Waals surface area (Å²) in [5.41, 5.74) is 2.25. The Morgan fingerprint density at radius 3 is 2.67 bits per heavy atom. The Morgan fingerprint density at radius 1 is 1.25 bits per heavy atom. The number of amides is 1. The number of ether oxygens (including phenoxy) is 1. The van der Waals surface area contributed by atoms with Gasteiger partial charge in [0.25, 0.3) is 0 Å². The van der Waals surface area contributed by atoms with E-state index in [0.717, 1.165) is 25.9 Å². The van der Waals surface area contributed by atoms with E-state index in [-0.39, 0.29) is 12.1 Å². The van der Waals surface area contributed by atoms with E-state index >= 15 is 0 Å². The predicted octanol–water partition coefficient (Wildman–Crippen LogP) is 2.46. The molecule has 0 bridgehead atoms. The predicted molar refractivity (Wildman–Crippen MR) is 92.7 cm³/mol. The van der Waals surface area contributed by atoms with Gasteiger partial charge in [0.05, 0.1) is 6.10 Å². The van der Waals surface area contributed by atoms with Crippen molar-refractivity contribution in [2.75, 3.05) is 6.54 Å². The second kappa shape index (κ2) is 6.73. The molecule has 0 spiro atoms. The van der Waals surface area contributed by atoms with Crippen molar-refractivity contribution in [1.82, 2.24) is 10.2 Å². The molecule has 1 amide bonds. The maximum atomic E-state index is 11.9. The van der Waals surface area contributed by atoms with Crippen LogP contribution in [0.3, 0.4) is 0 Å². The molecule has 1 saturated carbocycles. The lowest BCUT2D eigenvalue weighted by Crippen LogP contribution is -2.43. The molecule has 3 atom stereocenters. The first kappa shape index (κ1) is 17.2. The van der Waals surface area contributed by atoms with Crippen molar-refractivity contribution >= 4 is 6.09 Å². The van der Waals surface area contributed by atoms with E-state index in [4.69, 9.17) is 4.74 Å². The second-order valence-corrected chi connectivity index (χ2v) is 7.94. The lowest BCUT2D eigenvalue weighted by molar-refractivity contribution is 0.0502. The van der Waals surface area contributed by atoms with Gasteiger partial charge in [-0.15, -0.1) is 0 Å². The van der Waals surface area contributed by atoms with Gasteiger partial charge in [0.2, 0.25) is 0 Å². The van der Waals surface area contributed by atoms with Crippen molar-refractivity contribution in [3.05, 3.63) is 35.4 Å². The number of fused-ring (bicyclic) bond motifs is 1. The lowest BCUT2D eigenvalue weighted by Gasteiger charge is -2.35. The SMILES string of the molecule is CC(C)(C)OC(=O)N[C@H]1CC(N2CCc3ccccc3C2)[C@@H](O)C1. The molecule has 3 rings (SSSR count). The molecule has 1 unspecified atom stereocenters. The van der Waals surface area contributed by atoms with Crippen molar-refractivity contribution in [2.24, 2.45) is 0 Å². The van der Waals surface area contributed by atoms with Gasteiger partial charge < -0.3 is 15.2 Å². The summed E-state index contributed by atoms with van der Waals surface area (Å²) < 4.78 is 5.32. The number of hydrogen-bond acceptors (Lipinski definition) is 4. The van der Waals surface area contributed by atoms with E-state index in [0.29, 0.717) is 6.42 Å². The van der Waals surface area contributed by atoms with Crippen LogP contribution < -0.4 is 5.32 Å². The highest BCUT2D eigenvalue weighted by molar-refractivity contribution is 5.68. The van der Waals surface area contributed by atoms with Crippen LogP contribution in [-0.4, -0.2) is 46.4 Å². The van der Waals surface area contributed by atoms with Gasteiger partial charge in [0, 0.05) is 25.2 Å². The van der Waals surface area contributed by atoms with E-state index in [2.05, 4.69) is 34.5 Å². The molecule has 0 aromatic heterocycles. The fourth-order valence-electron chi connectivity index (χ4n) is 3.78. The molecule has 1 heterocycles. The molecule has 0 radical (unpaired) electrons. The summed E-state index contributed by atoms with van der Waals surface area (Å²) in [5.74, 6) is 0. The zero-order valence-electron chi connectivity index (χ0n) is 14.8. The van der Waals surface area contributed by atoms with Crippen molar-refractivity contribution in [3.63, 3.8) is 0 Å². The molecule has 2 aliphatic rings. The van der Waals surface area contributed by atoms with Crippen LogP contribution >= 0.6 is 0 Å². The van der Waals surface area contributed by atoms with Crippen LogP contribution in [0.1, 0.15) is 44.7 Å². The van der Waals surface area contributed by atoms with Gasteiger partial charge >= 0.3 is 6.09 Å². The summed E-state index contributed by atoms with van der Waals surface area (Å²) in [6.45, 7) is 7.38. The van der Waals surface area contributed by atoms with E-state index < -0.39 is 17.8 Å². The van der Waals surface area contributed by atoms with E-state index in [1.54, 1.807) is 0 Å². The number of carbonyl (C=O) groups is 1. The largest absolute Gasteiger partial charge is 0.444 e. The highest BCUT2D eigenvalue weighted by atomic mass is 16.6. The third-order valence-corrected chi connectivity index (χ3v) is 4.85. The summed E-state index contributed by atoms with van der Waals surface area (Å²) in [5, 5.41) is 13.4. The van der Waals surface area contributed by atoms with Crippen LogP contribution in [0.25, 0.3) is 0 Å². The minimum atomic E-state index is -0.503. The Morgan fingerprint density at radius 2 is 1.96 bits per heavy atom. The first-order valence-electron chi connectivity index (χ1n) is 8.80. The number of nitrogens with one attached hydrogen (secondary N) is 1. The van der Waals surface area contributed by atoms with Crippen molar-refractivity contribution in [3.8, 4) is 0 Å². The van der Waals surface area contributed by atoms with Gasteiger partial charge in [-0.25, -0.2) is 4.79 Å². The highest BCUT2D eigenvalue weighted by Crippen LogP contribution is 2.29. The molecule has 0 saturated heterocycles. The quantitative estimate of drug-likeness (QED) is 0.873. The third kappa shape index (κ3) is 4.08. The average molecular weight is 332 g/mol. The Labute approximate surface area is 144 Å². The van der Waals surface area contributed by atoms with Gasteiger partial charge in [-0.2, -0.15) is 0 Å². The topological polar surface area (TPSA) is 61.8 Å². The van der Waals surface area contributed by atoms with Crippen LogP contribution in [0.5, 0.6) is 0 Å². The fourth-order valence-corrected chi connectivity index (χ4v) is 3.78. The van der Waals surface area contributed by atoms with Crippen LogP contribution in [0, 0.1) is 0 Å². The number of aliphatic hydroxyl groups excluding tert-OH is 1. The molecule has 1 aromatic rings. The number of rotatable bonds is 2. The van der Waals surface area contributed by atoms with Gasteiger partial charge in [0.15, 0.2) is 0 Å². The summed E-state index contributed by atoms with van der Waals surface area (Å²) in [4.78, 5) is 14.3. The standard InChI is InChI=1S/C19H28N2O3/c1-19(2,3)24-18(23)20-15-10-16(17(22)11-15)21-9-8-13-6-4-5-7-14(13)12-21/h4-7,15-17,22H,8-12H2,1-3H3,(H,20,23)/t15-,16?,17-/m0/s1. The number of nitrogens with zero attached hydrogens (tertiary/aromatic N) is 1. The zero-order valence-corrected chi connectivity index (χ0v) is 14.8. The Bertz CT molecular complexity index is 597. The number of alkyl carbamates (subject to hydrolysis) is 1. The first-order valence-corrected chi connectivity index (χ1v) is 8.80. The van der Waals surface area contributed by atoms with E-state index in [1.165, 1.54) is 11.1 Å². The molecule has 24 heavy (non-hydrogen) atoms. The summed E-state index contributed by atoms with van der Waals surface area (Å²) in [7, 11) is 0. The molecule has 5 heteroatoms. The third-order valence-electron chi connectivity index (χ3n) is 4.85. The minimum absolute atomic E-state index is 0.0305. The fraction of sp³-hybridized carbons (Fsp3) is 0.632. The van der Waals surface area contributed by atoms with Crippen molar-refractivity contribution < 1.29 is 14.6 Å². The number of carbonyl (C=O) groups excluding carboxylic acids is 1. The second-order valence-electron chi connectivity index (χ2n) is 7.94. The Hall–Kier alpha value is -1.59. The normalized spacial score (nSPS) is 27.6. The Balaban J connectivity index is 1.58. The summed E-state index contributed by atoms with van der Waals surface area (Å²) >= 11 is 0. The van der Waals surface area contributed by atoms with Gasteiger partial charge in [-0.3, -0.25) is 4.90 Å². The molecule has 1 aliphatic heterocycles. The minimum Gasteiger partial charge on any atom is -0.444 e. The number of hydrogen-bond donors (Lipinski definition) is 2. The Kier molecular flexibility index (Phi) is 4.83. The molecule has 1 fully saturated rings. The molecule has 1 aliphatic carbocycles. The van der Waals surface area contributed by atoms with E-state index in [9.17, 15) is 9.90 Å². The molecule has 2 N–H and O–H groups in total. The number of aliphatic hydroxyl groups is 1. The van der Waals surface area contributed by atoms with Crippen LogP contribution in [0.4, 0.5) is 4.79 Å². The van der Waals surface area contributed by atoms with Gasteiger partial charge in [-0.1, -0.05) is 24.3 Å². The summed E-state index contributed by atoms with van der Waals surface area (Å²) in [6, 6.07) is 8.57. The maximum absolute atomic E-state index is 11.9. The van der Waals surface area contributed by atoms with Crippen molar-refractivity contribution in [2.45, 2.75) is 70.4 Å². The smallest absolute Gasteiger partial charge is 0.407 e. The molecular formula is C19H28N2O3. The highest BCUT2D eigenvalue weighted by Gasteiger charge is 2.38. The van der Waals surface area contributed by atoms with Crippen molar-refractivity contribution in [1.29, 1.82) is 0 Å².